The molecule has 1 saturated heterocycles. The number of primary amides is 1. The number of benzene rings is 1. The maximum Gasteiger partial charge on any atom is 0.261 e. The molecule has 2 saturated carbocycles. The lowest BCUT2D eigenvalue weighted by molar-refractivity contribution is -0.106. The third kappa shape index (κ3) is 6.52. The van der Waals surface area contributed by atoms with E-state index in [4.69, 9.17) is 4.79 Å². The Labute approximate surface area is 237 Å². The molecule has 1 amide bonds. The summed E-state index contributed by atoms with van der Waals surface area (Å²) in [5.41, 5.74) is 5.06. The predicted octanol–water partition coefficient (Wildman–Crippen LogP) is 2.43. The van der Waals surface area contributed by atoms with E-state index in [2.05, 4.69) is 20.3 Å². The zero-order valence-electron chi connectivity index (χ0n) is 22.2. The van der Waals surface area contributed by atoms with Crippen LogP contribution in [0.5, 0.6) is 0 Å². The van der Waals surface area contributed by atoms with Crippen LogP contribution in [0.3, 0.4) is 0 Å². The van der Waals surface area contributed by atoms with Crippen LogP contribution in [-0.2, 0) is 24.8 Å². The maximum atomic E-state index is 14.6. The largest absolute Gasteiger partial charge is 0.372 e. The van der Waals surface area contributed by atoms with Crippen LogP contribution in [0.2, 0.25) is 0 Å². The van der Waals surface area contributed by atoms with E-state index in [9.17, 15) is 25.6 Å². The van der Waals surface area contributed by atoms with Gasteiger partial charge in [0, 0.05) is 37.1 Å². The van der Waals surface area contributed by atoms with Crippen molar-refractivity contribution in [2.24, 2.45) is 17.6 Å². The van der Waals surface area contributed by atoms with Crippen LogP contribution < -0.4 is 20.1 Å². The summed E-state index contributed by atoms with van der Waals surface area (Å²) in [5.74, 6) is -0.571. The summed E-state index contributed by atoms with van der Waals surface area (Å²) in [7, 11) is -8.45. The Hall–Kier alpha value is -3.14. The van der Waals surface area contributed by atoms with Crippen LogP contribution in [-0.4, -0.2) is 52.5 Å². The van der Waals surface area contributed by atoms with Gasteiger partial charge in [-0.3, -0.25) is 4.79 Å². The van der Waals surface area contributed by atoms with Crippen molar-refractivity contribution in [1.29, 1.82) is 0 Å². The first-order chi connectivity index (χ1) is 19.5. The van der Waals surface area contributed by atoms with Crippen molar-refractivity contribution >= 4 is 37.7 Å². The van der Waals surface area contributed by atoms with Gasteiger partial charge in [0.25, 0.3) is 10.0 Å². The Kier molecular flexibility index (Phi) is 8.32. The number of fused-ring (bicyclic) bond motifs is 1. The molecule has 0 radical (unpaired) electrons. The molecular formula is C26H32F2N6O5S2. The molecule has 1 atom stereocenters. The third-order valence-electron chi connectivity index (χ3n) is 7.49. The minimum atomic E-state index is -4.23. The summed E-state index contributed by atoms with van der Waals surface area (Å²) in [5, 5.41) is 3.63. The molecule has 4 N–H and O–H groups in total. The number of anilines is 1. The van der Waals surface area contributed by atoms with Gasteiger partial charge in [0.15, 0.2) is 0 Å². The van der Waals surface area contributed by atoms with Crippen LogP contribution in [0.15, 0.2) is 46.5 Å². The lowest BCUT2D eigenvalue weighted by atomic mass is 10.0. The fraction of sp³-hybridized carbons (Fsp3) is 0.462. The fourth-order valence-corrected chi connectivity index (χ4v) is 8.10. The predicted molar refractivity (Wildman–Crippen MR) is 147 cm³/mol. The van der Waals surface area contributed by atoms with Crippen LogP contribution in [0.25, 0.3) is 5.52 Å². The van der Waals surface area contributed by atoms with Crippen molar-refractivity contribution < 1.29 is 30.4 Å². The van der Waals surface area contributed by atoms with E-state index in [-0.39, 0.29) is 42.4 Å². The Morgan fingerprint density at radius 1 is 0.951 bits per heavy atom. The molecule has 3 aromatic rings. The fourth-order valence-electron chi connectivity index (χ4n) is 5.01. The highest BCUT2D eigenvalue weighted by Crippen LogP contribution is 2.39. The highest BCUT2D eigenvalue weighted by Gasteiger charge is 2.36. The third-order valence-corrected chi connectivity index (χ3v) is 10.4. The Morgan fingerprint density at radius 2 is 1.59 bits per heavy atom. The summed E-state index contributed by atoms with van der Waals surface area (Å²) < 4.78 is 88.4. The number of carbonyl (C=O) groups excluding carboxylic acids is 1. The van der Waals surface area contributed by atoms with Crippen LogP contribution in [0.4, 0.5) is 14.5 Å². The standard InChI is InChI=1S/C25H29F2N5O4S2.CH3NO/c26-18-7-8-21(27)20(12-18)22-2-1-10-31(22)19-9-11-32-23(13-19)24(37(33,34)28-14-16-3-4-16)25(30-32)38(35,36)29-15-17-5-6-17;2-1-3/h7-9,11-13,16-17,22,28-29H,1-6,10,14-15H2;1H,(H2,2,3). The van der Waals surface area contributed by atoms with Gasteiger partial charge in [0.05, 0.1) is 11.6 Å². The van der Waals surface area contributed by atoms with Crippen LogP contribution in [0, 0.1) is 23.5 Å². The summed E-state index contributed by atoms with van der Waals surface area (Å²) in [4.78, 5) is 10.1. The number of halogens is 2. The van der Waals surface area contributed by atoms with Crippen molar-refractivity contribution in [2.75, 3.05) is 24.5 Å². The number of nitrogens with zero attached hydrogens (tertiary/aromatic N) is 3. The lowest BCUT2D eigenvalue weighted by Crippen LogP contribution is -2.31. The SMILES string of the molecule is NC=O.O=S(=O)(NCC1CC1)c1nn2ccc(N3CCCC3c3cc(F)ccc3F)cc2c1S(=O)(=O)NCC1CC1. The average Bonchev–Trinajstić information content (AvgIpc) is 3.85. The summed E-state index contributed by atoms with van der Waals surface area (Å²) in [6.45, 7) is 0.994. The number of pyridine rings is 1. The molecule has 0 bridgehead atoms. The van der Waals surface area contributed by atoms with Crippen LogP contribution >= 0.6 is 0 Å². The molecule has 1 unspecified atom stereocenters. The van der Waals surface area contributed by atoms with Crippen molar-refractivity contribution in [3.05, 3.63) is 53.7 Å². The van der Waals surface area contributed by atoms with E-state index in [1.807, 2.05) is 4.90 Å². The smallest absolute Gasteiger partial charge is 0.261 e. The number of rotatable bonds is 10. The van der Waals surface area contributed by atoms with Crippen LogP contribution in [0.1, 0.15) is 50.1 Å². The minimum Gasteiger partial charge on any atom is -0.372 e. The molecule has 2 aliphatic carbocycles. The molecular weight excluding hydrogens is 578 g/mol. The van der Waals surface area contributed by atoms with Crippen molar-refractivity contribution in [1.82, 2.24) is 19.1 Å². The molecule has 1 aromatic carbocycles. The number of nitrogens with two attached hydrogens (primary N) is 1. The lowest BCUT2D eigenvalue weighted by Gasteiger charge is -2.27. The first-order valence-electron chi connectivity index (χ1n) is 13.4. The molecule has 15 heteroatoms. The summed E-state index contributed by atoms with van der Waals surface area (Å²) in [6.07, 6.45) is 6.75. The minimum absolute atomic E-state index is 0.1000. The first-order valence-corrected chi connectivity index (χ1v) is 16.4. The molecule has 2 aromatic heterocycles. The molecule has 1 aliphatic heterocycles. The molecule has 3 fully saturated rings. The van der Waals surface area contributed by atoms with E-state index in [1.54, 1.807) is 12.1 Å². The van der Waals surface area contributed by atoms with Gasteiger partial charge in [-0.2, -0.15) is 5.10 Å². The topological polar surface area (TPSA) is 156 Å². The van der Waals surface area contributed by atoms with E-state index in [0.29, 0.717) is 18.7 Å². The second-order valence-electron chi connectivity index (χ2n) is 10.6. The zero-order chi connectivity index (χ0) is 29.4. The number of amides is 1. The van der Waals surface area contributed by atoms with Gasteiger partial charge in [-0.25, -0.2) is 39.6 Å². The second-order valence-corrected chi connectivity index (χ2v) is 14.0. The van der Waals surface area contributed by atoms with E-state index < -0.39 is 47.6 Å². The average molecular weight is 611 g/mol. The summed E-state index contributed by atoms with van der Waals surface area (Å²) in [6, 6.07) is 6.15. The number of hydrogen-bond donors (Lipinski definition) is 3. The number of aromatic nitrogens is 2. The van der Waals surface area contributed by atoms with E-state index in [1.165, 1.54) is 16.8 Å². The second kappa shape index (κ2) is 11.6. The molecule has 41 heavy (non-hydrogen) atoms. The molecule has 3 aliphatic rings. The highest BCUT2D eigenvalue weighted by molar-refractivity contribution is 7.92. The van der Waals surface area contributed by atoms with Gasteiger partial charge < -0.3 is 10.6 Å². The molecule has 11 nitrogen and oxygen atoms in total. The van der Waals surface area contributed by atoms with Crippen molar-refractivity contribution in [2.45, 2.75) is 54.5 Å². The normalized spacial score (nSPS) is 19.3. The number of carbonyl (C=O) groups is 1. The number of hydrogen-bond acceptors (Lipinski definition) is 7. The van der Waals surface area contributed by atoms with Crippen molar-refractivity contribution in [3.63, 3.8) is 0 Å². The van der Waals surface area contributed by atoms with Crippen molar-refractivity contribution in [3.8, 4) is 0 Å². The summed E-state index contributed by atoms with van der Waals surface area (Å²) >= 11 is 0. The van der Waals surface area contributed by atoms with Gasteiger partial charge in [-0.1, -0.05) is 0 Å². The maximum absolute atomic E-state index is 14.6. The molecule has 3 heterocycles. The van der Waals surface area contributed by atoms with E-state index >= 15 is 0 Å². The van der Waals surface area contributed by atoms with Gasteiger partial charge in [0.1, 0.15) is 16.5 Å². The molecule has 0 spiro atoms. The Balaban J connectivity index is 0.00000108. The first kappa shape index (κ1) is 29.4. The number of nitrogens with one attached hydrogen (secondary N) is 2. The van der Waals surface area contributed by atoms with Gasteiger partial charge in [0.2, 0.25) is 21.5 Å². The Bertz CT molecular complexity index is 1660. The Morgan fingerprint density at radius 3 is 2.22 bits per heavy atom. The van der Waals surface area contributed by atoms with Gasteiger partial charge in [-0.05, 0) is 80.7 Å². The zero-order valence-corrected chi connectivity index (χ0v) is 23.8. The van der Waals surface area contributed by atoms with Gasteiger partial charge >= 0.3 is 0 Å². The van der Waals surface area contributed by atoms with Gasteiger partial charge in [-0.15, -0.1) is 0 Å². The quantitative estimate of drug-likeness (QED) is 0.298. The molecule has 222 valence electrons. The number of sulfonamides is 2. The van der Waals surface area contributed by atoms with E-state index in [0.717, 1.165) is 44.2 Å². The highest BCUT2D eigenvalue weighted by atomic mass is 32.2. The molecule has 6 rings (SSSR count). The monoisotopic (exact) mass is 610 g/mol.